The minimum absolute atomic E-state index is 0.000195. The van der Waals surface area contributed by atoms with Crippen LogP contribution < -0.4 is 4.74 Å². The van der Waals surface area contributed by atoms with E-state index in [4.69, 9.17) is 4.74 Å². The molecule has 0 heterocycles. The minimum atomic E-state index is 0.000195. The van der Waals surface area contributed by atoms with Gasteiger partial charge >= 0.3 is 0 Å². The van der Waals surface area contributed by atoms with Gasteiger partial charge in [-0.15, -0.1) is 5.92 Å². The van der Waals surface area contributed by atoms with Crippen molar-refractivity contribution in [2.24, 2.45) is 0 Å². The second kappa shape index (κ2) is 5.37. The molecule has 0 amide bonds. The van der Waals surface area contributed by atoms with Crippen LogP contribution in [-0.2, 0) is 0 Å². The van der Waals surface area contributed by atoms with Gasteiger partial charge in [0, 0.05) is 5.39 Å². The van der Waals surface area contributed by atoms with E-state index in [0.717, 1.165) is 10.8 Å². The molecule has 18 heavy (non-hydrogen) atoms. The Morgan fingerprint density at radius 1 is 1.22 bits per heavy atom. The first-order valence-corrected chi connectivity index (χ1v) is 5.79. The molecular formula is C16H14O2. The first kappa shape index (κ1) is 12.2. The van der Waals surface area contributed by atoms with Crippen LogP contribution in [0.25, 0.3) is 10.8 Å². The van der Waals surface area contributed by atoms with Crippen LogP contribution in [0, 0.1) is 11.8 Å². The standard InChI is InChI=1S/C16H14O2/c1-3-4-11-18-16-14(12(2)17)10-9-13-7-5-6-8-15(13)16/h5-10H,11H2,1-2H3. The summed E-state index contributed by atoms with van der Waals surface area (Å²) in [7, 11) is 0. The first-order chi connectivity index (χ1) is 8.74. The Kier molecular flexibility index (Phi) is 3.64. The molecule has 90 valence electrons. The number of hydrogen-bond donors (Lipinski definition) is 0. The van der Waals surface area contributed by atoms with E-state index in [0.29, 0.717) is 17.9 Å². The summed E-state index contributed by atoms with van der Waals surface area (Å²) >= 11 is 0. The Morgan fingerprint density at radius 2 is 2.00 bits per heavy atom. The maximum atomic E-state index is 11.6. The van der Waals surface area contributed by atoms with Crippen LogP contribution in [0.2, 0.25) is 0 Å². The summed E-state index contributed by atoms with van der Waals surface area (Å²) in [4.78, 5) is 11.6. The lowest BCUT2D eigenvalue weighted by Gasteiger charge is -2.11. The van der Waals surface area contributed by atoms with E-state index >= 15 is 0 Å². The zero-order valence-corrected chi connectivity index (χ0v) is 10.5. The fourth-order valence-corrected chi connectivity index (χ4v) is 1.86. The predicted octanol–water partition coefficient (Wildman–Crippen LogP) is 3.44. The summed E-state index contributed by atoms with van der Waals surface area (Å²) in [6.07, 6.45) is 0. The van der Waals surface area contributed by atoms with Crippen molar-refractivity contribution >= 4 is 16.6 Å². The molecule has 0 saturated heterocycles. The van der Waals surface area contributed by atoms with Gasteiger partial charge in [0.15, 0.2) is 5.78 Å². The van der Waals surface area contributed by atoms with E-state index in [1.54, 1.807) is 19.9 Å². The van der Waals surface area contributed by atoms with E-state index in [9.17, 15) is 4.79 Å². The van der Waals surface area contributed by atoms with Gasteiger partial charge in [-0.3, -0.25) is 4.79 Å². The fourth-order valence-electron chi connectivity index (χ4n) is 1.86. The van der Waals surface area contributed by atoms with Gasteiger partial charge < -0.3 is 4.74 Å². The molecule has 0 unspecified atom stereocenters. The van der Waals surface area contributed by atoms with Crippen molar-refractivity contribution in [2.45, 2.75) is 13.8 Å². The van der Waals surface area contributed by atoms with Gasteiger partial charge in [0.05, 0.1) is 5.56 Å². The summed E-state index contributed by atoms with van der Waals surface area (Å²) in [5, 5.41) is 2.00. The summed E-state index contributed by atoms with van der Waals surface area (Å²) in [6.45, 7) is 3.60. The maximum Gasteiger partial charge on any atom is 0.163 e. The number of fused-ring (bicyclic) bond motifs is 1. The molecule has 0 spiro atoms. The SMILES string of the molecule is CC#CCOc1c(C(C)=O)ccc2ccccc12. The quantitative estimate of drug-likeness (QED) is 0.604. The van der Waals surface area contributed by atoms with Gasteiger partial charge in [0.25, 0.3) is 0 Å². The monoisotopic (exact) mass is 238 g/mol. The molecule has 0 aliphatic rings. The summed E-state index contributed by atoms with van der Waals surface area (Å²) in [5.74, 6) is 6.25. The summed E-state index contributed by atoms with van der Waals surface area (Å²) in [6, 6.07) is 11.6. The molecule has 0 N–H and O–H groups in total. The number of carbonyl (C=O) groups is 1. The number of ether oxygens (including phenoxy) is 1. The van der Waals surface area contributed by atoms with Gasteiger partial charge in [-0.1, -0.05) is 36.3 Å². The minimum Gasteiger partial charge on any atom is -0.480 e. The first-order valence-electron chi connectivity index (χ1n) is 5.79. The second-order valence-corrected chi connectivity index (χ2v) is 3.94. The molecule has 0 bridgehead atoms. The number of benzene rings is 2. The highest BCUT2D eigenvalue weighted by Crippen LogP contribution is 2.30. The molecule has 0 aromatic heterocycles. The molecule has 2 rings (SSSR count). The topological polar surface area (TPSA) is 26.3 Å². The van der Waals surface area contributed by atoms with Gasteiger partial charge in [-0.05, 0) is 25.3 Å². The Hall–Kier alpha value is -2.27. The Morgan fingerprint density at radius 3 is 2.72 bits per heavy atom. The third-order valence-corrected chi connectivity index (χ3v) is 2.72. The summed E-state index contributed by atoms with van der Waals surface area (Å²) < 4.78 is 5.66. The molecule has 2 aromatic carbocycles. The van der Waals surface area contributed by atoms with E-state index in [1.807, 2.05) is 30.3 Å². The van der Waals surface area contributed by atoms with Gasteiger partial charge in [-0.25, -0.2) is 0 Å². The largest absolute Gasteiger partial charge is 0.480 e. The van der Waals surface area contributed by atoms with E-state index in [-0.39, 0.29) is 5.78 Å². The van der Waals surface area contributed by atoms with E-state index in [2.05, 4.69) is 11.8 Å². The molecule has 2 aromatic rings. The Balaban J connectivity index is 2.57. The van der Waals surface area contributed by atoms with Crippen LogP contribution in [0.1, 0.15) is 24.2 Å². The Labute approximate surface area is 107 Å². The predicted molar refractivity (Wildman–Crippen MR) is 72.9 cm³/mol. The number of carbonyl (C=O) groups excluding carboxylic acids is 1. The number of hydrogen-bond acceptors (Lipinski definition) is 2. The van der Waals surface area contributed by atoms with Crippen LogP contribution >= 0.6 is 0 Å². The van der Waals surface area contributed by atoms with Crippen molar-refractivity contribution < 1.29 is 9.53 Å². The van der Waals surface area contributed by atoms with Crippen molar-refractivity contribution in [3.05, 3.63) is 42.0 Å². The maximum absolute atomic E-state index is 11.6. The van der Waals surface area contributed by atoms with E-state index < -0.39 is 0 Å². The zero-order chi connectivity index (χ0) is 13.0. The highest BCUT2D eigenvalue weighted by molar-refractivity contribution is 6.03. The molecule has 0 aliphatic carbocycles. The molecule has 2 heteroatoms. The third kappa shape index (κ3) is 2.36. The number of ketones is 1. The smallest absolute Gasteiger partial charge is 0.163 e. The lowest BCUT2D eigenvalue weighted by atomic mass is 10.0. The van der Waals surface area contributed by atoms with Gasteiger partial charge in [-0.2, -0.15) is 0 Å². The van der Waals surface area contributed by atoms with Crippen molar-refractivity contribution in [3.63, 3.8) is 0 Å². The molecule has 0 aliphatic heterocycles. The van der Waals surface area contributed by atoms with Crippen LogP contribution in [0.5, 0.6) is 5.75 Å². The lowest BCUT2D eigenvalue weighted by Crippen LogP contribution is -2.02. The lowest BCUT2D eigenvalue weighted by molar-refractivity contribution is 0.101. The van der Waals surface area contributed by atoms with Crippen LogP contribution in [0.4, 0.5) is 0 Å². The molecule has 2 nitrogen and oxygen atoms in total. The average molecular weight is 238 g/mol. The van der Waals surface area contributed by atoms with Crippen LogP contribution in [0.3, 0.4) is 0 Å². The van der Waals surface area contributed by atoms with E-state index in [1.165, 1.54) is 0 Å². The molecule has 0 atom stereocenters. The zero-order valence-electron chi connectivity index (χ0n) is 10.5. The normalized spacial score (nSPS) is 9.67. The molecule has 0 fully saturated rings. The second-order valence-electron chi connectivity index (χ2n) is 3.94. The van der Waals surface area contributed by atoms with Gasteiger partial charge in [0.1, 0.15) is 12.4 Å². The molecule has 0 saturated carbocycles. The van der Waals surface area contributed by atoms with Crippen molar-refractivity contribution in [1.29, 1.82) is 0 Å². The highest BCUT2D eigenvalue weighted by Gasteiger charge is 2.11. The summed E-state index contributed by atoms with van der Waals surface area (Å²) in [5.41, 5.74) is 0.603. The van der Waals surface area contributed by atoms with Crippen LogP contribution in [-0.4, -0.2) is 12.4 Å². The van der Waals surface area contributed by atoms with Crippen molar-refractivity contribution in [2.75, 3.05) is 6.61 Å². The highest BCUT2D eigenvalue weighted by atomic mass is 16.5. The van der Waals surface area contributed by atoms with Crippen molar-refractivity contribution in [3.8, 4) is 17.6 Å². The van der Waals surface area contributed by atoms with Crippen molar-refractivity contribution in [1.82, 2.24) is 0 Å². The molecular weight excluding hydrogens is 224 g/mol. The average Bonchev–Trinajstić information content (AvgIpc) is 2.38. The number of Topliss-reactive ketones (excluding diaryl/α,β-unsaturated/α-hetero) is 1. The van der Waals surface area contributed by atoms with Crippen LogP contribution in [0.15, 0.2) is 36.4 Å². The van der Waals surface area contributed by atoms with Gasteiger partial charge in [0.2, 0.25) is 0 Å². The fraction of sp³-hybridized carbons (Fsp3) is 0.188. The third-order valence-electron chi connectivity index (χ3n) is 2.72. The number of rotatable bonds is 3. The molecule has 0 radical (unpaired) electrons. The Bertz CT molecular complexity index is 645.